The Kier molecular flexibility index (Phi) is 6.15. The van der Waals surface area contributed by atoms with Crippen molar-refractivity contribution in [3.05, 3.63) is 75.6 Å². The van der Waals surface area contributed by atoms with E-state index in [1.807, 2.05) is 36.4 Å². The summed E-state index contributed by atoms with van der Waals surface area (Å²) in [6.45, 7) is 7.28. The molecule has 1 N–H and O–H groups in total. The topological polar surface area (TPSA) is 73.4 Å². The molecule has 1 aromatic heterocycles. The normalized spacial score (nSPS) is 18.6. The lowest BCUT2D eigenvalue weighted by Crippen LogP contribution is -3.14. The highest BCUT2D eigenvalue weighted by Gasteiger charge is 2.43. The first-order valence-electron chi connectivity index (χ1n) is 11.7. The summed E-state index contributed by atoms with van der Waals surface area (Å²) in [4.78, 5) is 30.3. The van der Waals surface area contributed by atoms with Gasteiger partial charge in [0.2, 0.25) is 5.76 Å². The van der Waals surface area contributed by atoms with Crippen molar-refractivity contribution in [2.75, 3.05) is 46.0 Å². The molecule has 3 aromatic rings. The van der Waals surface area contributed by atoms with Gasteiger partial charge in [0.15, 0.2) is 5.43 Å². The van der Waals surface area contributed by atoms with Crippen molar-refractivity contribution in [2.24, 2.45) is 0 Å². The second-order valence-electron chi connectivity index (χ2n) is 8.60. The molecule has 2 aliphatic heterocycles. The van der Waals surface area contributed by atoms with Gasteiger partial charge in [0.1, 0.15) is 24.4 Å². The van der Waals surface area contributed by atoms with Gasteiger partial charge in [0.05, 0.1) is 49.9 Å². The SMILES string of the molecule is CCCOc1cccc([C@H]2c3c(oc4ccccc4c3=O)C(=O)N2CC[NH+]2CCOCC2)c1. The Morgan fingerprint density at radius 2 is 1.91 bits per heavy atom. The summed E-state index contributed by atoms with van der Waals surface area (Å²) in [6.07, 6.45) is 0.902. The fourth-order valence-corrected chi connectivity index (χ4v) is 4.73. The van der Waals surface area contributed by atoms with Crippen LogP contribution >= 0.6 is 0 Å². The Morgan fingerprint density at radius 3 is 2.73 bits per heavy atom. The summed E-state index contributed by atoms with van der Waals surface area (Å²) in [7, 11) is 0. The van der Waals surface area contributed by atoms with Crippen molar-refractivity contribution in [1.29, 1.82) is 0 Å². The Labute approximate surface area is 192 Å². The third-order valence-electron chi connectivity index (χ3n) is 6.43. The Morgan fingerprint density at radius 1 is 1.09 bits per heavy atom. The first-order valence-corrected chi connectivity index (χ1v) is 11.7. The Hall–Kier alpha value is -3.16. The van der Waals surface area contributed by atoms with Gasteiger partial charge in [-0.25, -0.2) is 0 Å². The van der Waals surface area contributed by atoms with Gasteiger partial charge >= 0.3 is 0 Å². The van der Waals surface area contributed by atoms with Crippen LogP contribution in [0.2, 0.25) is 0 Å². The molecule has 0 aliphatic carbocycles. The fourth-order valence-electron chi connectivity index (χ4n) is 4.73. The number of morpholine rings is 1. The standard InChI is InChI=1S/C26H28N2O5/c1-2-14-32-19-7-5-6-18(17-19)23-22-24(29)20-8-3-4-9-21(20)33-25(22)26(30)28(23)11-10-27-12-15-31-16-13-27/h3-9,17,23H,2,10-16H2,1H3/p+1/t23-/m0/s1. The van der Waals surface area contributed by atoms with Crippen LogP contribution in [0.3, 0.4) is 0 Å². The van der Waals surface area contributed by atoms with Gasteiger partial charge in [-0.1, -0.05) is 31.2 Å². The largest absolute Gasteiger partial charge is 0.494 e. The molecule has 0 bridgehead atoms. The summed E-state index contributed by atoms with van der Waals surface area (Å²) in [5, 5.41) is 0.494. The van der Waals surface area contributed by atoms with E-state index < -0.39 is 6.04 Å². The van der Waals surface area contributed by atoms with E-state index in [9.17, 15) is 9.59 Å². The summed E-state index contributed by atoms with van der Waals surface area (Å²) >= 11 is 0. The highest BCUT2D eigenvalue weighted by molar-refractivity contribution is 5.99. The van der Waals surface area contributed by atoms with Crippen LogP contribution in [-0.2, 0) is 4.74 Å². The van der Waals surface area contributed by atoms with E-state index >= 15 is 0 Å². The number of quaternary nitrogens is 1. The predicted molar refractivity (Wildman–Crippen MR) is 124 cm³/mol. The van der Waals surface area contributed by atoms with Crippen molar-refractivity contribution in [3.8, 4) is 5.75 Å². The van der Waals surface area contributed by atoms with Crippen LogP contribution in [0.1, 0.15) is 41.1 Å². The molecule has 0 unspecified atom stereocenters. The number of nitrogens with one attached hydrogen (secondary N) is 1. The number of nitrogens with zero attached hydrogens (tertiary/aromatic N) is 1. The minimum atomic E-state index is -0.501. The van der Waals surface area contributed by atoms with Gasteiger partial charge in [-0.15, -0.1) is 0 Å². The maximum absolute atomic E-state index is 13.6. The molecule has 172 valence electrons. The maximum atomic E-state index is 13.6. The van der Waals surface area contributed by atoms with Crippen molar-refractivity contribution >= 4 is 16.9 Å². The number of carbonyl (C=O) groups is 1. The fraction of sp³-hybridized carbons (Fsp3) is 0.385. The van der Waals surface area contributed by atoms with Crippen LogP contribution in [0.15, 0.2) is 57.7 Å². The molecule has 2 aliphatic rings. The quantitative estimate of drug-likeness (QED) is 0.598. The molecule has 1 atom stereocenters. The van der Waals surface area contributed by atoms with Gasteiger partial charge in [-0.3, -0.25) is 9.59 Å². The highest BCUT2D eigenvalue weighted by Crippen LogP contribution is 2.38. The molecule has 0 saturated carbocycles. The average Bonchev–Trinajstić information content (AvgIpc) is 3.14. The van der Waals surface area contributed by atoms with E-state index in [0.717, 1.165) is 50.6 Å². The first-order chi connectivity index (χ1) is 16.2. The lowest BCUT2D eigenvalue weighted by Gasteiger charge is -2.29. The predicted octanol–water partition coefficient (Wildman–Crippen LogP) is 2.04. The minimum Gasteiger partial charge on any atom is -0.494 e. The lowest BCUT2D eigenvalue weighted by atomic mass is 9.98. The molecule has 5 rings (SSSR count). The van der Waals surface area contributed by atoms with Crippen LogP contribution in [0.25, 0.3) is 11.0 Å². The number of fused-ring (bicyclic) bond motifs is 2. The molecule has 2 aromatic carbocycles. The molecule has 1 saturated heterocycles. The van der Waals surface area contributed by atoms with E-state index in [-0.39, 0.29) is 17.1 Å². The molecular formula is C26H29N2O5+. The molecule has 0 spiro atoms. The first kappa shape index (κ1) is 21.7. The molecule has 1 amide bonds. The zero-order valence-corrected chi connectivity index (χ0v) is 18.8. The number of hydrogen-bond donors (Lipinski definition) is 1. The zero-order chi connectivity index (χ0) is 22.8. The molecular weight excluding hydrogens is 420 g/mol. The van der Waals surface area contributed by atoms with Gasteiger partial charge in [0.25, 0.3) is 5.91 Å². The number of ether oxygens (including phenoxy) is 2. The second kappa shape index (κ2) is 9.37. The summed E-state index contributed by atoms with van der Waals surface area (Å²) in [5.41, 5.74) is 1.57. The number of rotatable bonds is 7. The van der Waals surface area contributed by atoms with Crippen LogP contribution < -0.4 is 15.1 Å². The summed E-state index contributed by atoms with van der Waals surface area (Å²) in [6, 6.07) is 14.3. The number of hydrogen-bond acceptors (Lipinski definition) is 5. The smallest absolute Gasteiger partial charge is 0.291 e. The molecule has 3 heterocycles. The van der Waals surface area contributed by atoms with E-state index in [2.05, 4.69) is 6.92 Å². The van der Waals surface area contributed by atoms with Gasteiger partial charge in [0, 0.05) is 0 Å². The number of carbonyl (C=O) groups excluding carboxylic acids is 1. The Bertz CT molecular complexity index is 1210. The van der Waals surface area contributed by atoms with Gasteiger partial charge in [-0.2, -0.15) is 0 Å². The van der Waals surface area contributed by atoms with Crippen molar-refractivity contribution in [3.63, 3.8) is 0 Å². The van der Waals surface area contributed by atoms with E-state index in [4.69, 9.17) is 13.9 Å². The maximum Gasteiger partial charge on any atom is 0.291 e. The van der Waals surface area contributed by atoms with Crippen molar-refractivity contribution < 1.29 is 23.6 Å². The number of para-hydroxylation sites is 1. The molecule has 7 nitrogen and oxygen atoms in total. The minimum absolute atomic E-state index is 0.147. The average molecular weight is 450 g/mol. The monoisotopic (exact) mass is 449 g/mol. The highest BCUT2D eigenvalue weighted by atomic mass is 16.5. The summed E-state index contributed by atoms with van der Waals surface area (Å²) in [5.74, 6) is 0.658. The zero-order valence-electron chi connectivity index (χ0n) is 18.8. The Balaban J connectivity index is 1.57. The molecule has 1 fully saturated rings. The van der Waals surface area contributed by atoms with E-state index in [0.29, 0.717) is 29.7 Å². The third-order valence-corrected chi connectivity index (χ3v) is 6.43. The lowest BCUT2D eigenvalue weighted by molar-refractivity contribution is -0.907. The number of amides is 1. The van der Waals surface area contributed by atoms with E-state index in [1.54, 1.807) is 17.0 Å². The van der Waals surface area contributed by atoms with Crippen LogP contribution in [0, 0.1) is 0 Å². The van der Waals surface area contributed by atoms with Gasteiger partial charge < -0.3 is 23.7 Å². The second-order valence-corrected chi connectivity index (χ2v) is 8.60. The number of benzene rings is 2. The van der Waals surface area contributed by atoms with Crippen LogP contribution in [0.5, 0.6) is 5.75 Å². The van der Waals surface area contributed by atoms with E-state index in [1.165, 1.54) is 4.90 Å². The third kappa shape index (κ3) is 4.14. The van der Waals surface area contributed by atoms with Crippen molar-refractivity contribution in [1.82, 2.24) is 4.90 Å². The van der Waals surface area contributed by atoms with Crippen LogP contribution in [0.4, 0.5) is 0 Å². The molecule has 7 heteroatoms. The van der Waals surface area contributed by atoms with Crippen LogP contribution in [-0.4, -0.2) is 56.8 Å². The molecule has 0 radical (unpaired) electrons. The summed E-state index contributed by atoms with van der Waals surface area (Å²) < 4.78 is 17.3. The molecule has 33 heavy (non-hydrogen) atoms. The van der Waals surface area contributed by atoms with Crippen molar-refractivity contribution in [2.45, 2.75) is 19.4 Å². The van der Waals surface area contributed by atoms with Gasteiger partial charge in [-0.05, 0) is 36.2 Å².